The molecule has 76 valence electrons. The minimum Gasteiger partial charge on any atom is -0.330 e. The van der Waals surface area contributed by atoms with Crippen LogP contribution in [0.2, 0.25) is 0 Å². The highest BCUT2D eigenvalue weighted by atomic mass is 19.1. The molecule has 1 saturated carbocycles. The summed E-state index contributed by atoms with van der Waals surface area (Å²) in [5, 5.41) is 0. The average Bonchev–Trinajstić information content (AvgIpc) is 2.70. The van der Waals surface area contributed by atoms with Gasteiger partial charge in [0.1, 0.15) is 5.82 Å². The maximum atomic E-state index is 13.0. The van der Waals surface area contributed by atoms with Gasteiger partial charge in [-0.25, -0.2) is 4.39 Å². The molecule has 1 aliphatic rings. The minimum atomic E-state index is -0.280. The van der Waals surface area contributed by atoms with Gasteiger partial charge < -0.3 is 5.73 Å². The van der Waals surface area contributed by atoms with Gasteiger partial charge in [0, 0.05) is 18.2 Å². The highest BCUT2D eigenvalue weighted by Crippen LogP contribution is 2.63. The molecule has 0 bridgehead atoms. The second-order valence-electron chi connectivity index (χ2n) is 4.74. The number of aromatic nitrogens is 1. The third-order valence-electron chi connectivity index (χ3n) is 3.52. The summed E-state index contributed by atoms with van der Waals surface area (Å²) >= 11 is 0. The van der Waals surface area contributed by atoms with E-state index in [9.17, 15) is 4.39 Å². The van der Waals surface area contributed by atoms with E-state index in [-0.39, 0.29) is 16.6 Å². The summed E-state index contributed by atoms with van der Waals surface area (Å²) in [5.41, 5.74) is 6.84. The van der Waals surface area contributed by atoms with Crippen LogP contribution in [0.4, 0.5) is 4.39 Å². The fraction of sp³-hybridized carbons (Fsp3) is 0.545. The Morgan fingerprint density at radius 2 is 2.14 bits per heavy atom. The lowest BCUT2D eigenvalue weighted by atomic mass is 9.89. The maximum Gasteiger partial charge on any atom is 0.141 e. The highest BCUT2D eigenvalue weighted by molar-refractivity contribution is 5.35. The molecule has 1 fully saturated rings. The number of halogens is 1. The van der Waals surface area contributed by atoms with Crippen molar-refractivity contribution in [2.24, 2.45) is 11.1 Å². The summed E-state index contributed by atoms with van der Waals surface area (Å²) < 4.78 is 13.0. The van der Waals surface area contributed by atoms with Crippen molar-refractivity contribution in [1.29, 1.82) is 0 Å². The van der Waals surface area contributed by atoms with Gasteiger partial charge in [-0.2, -0.15) is 0 Å². The molecule has 2 rings (SSSR count). The Labute approximate surface area is 83.3 Å². The lowest BCUT2D eigenvalue weighted by molar-refractivity contribution is 0.497. The Bertz CT molecular complexity index is 362. The van der Waals surface area contributed by atoms with E-state index in [1.165, 1.54) is 6.20 Å². The lowest BCUT2D eigenvalue weighted by Gasteiger charge is -2.18. The van der Waals surface area contributed by atoms with Gasteiger partial charge in [-0.3, -0.25) is 4.98 Å². The third-order valence-corrected chi connectivity index (χ3v) is 3.52. The van der Waals surface area contributed by atoms with Crippen LogP contribution in [0.25, 0.3) is 0 Å². The Kier molecular flexibility index (Phi) is 1.89. The molecule has 0 saturated heterocycles. The van der Waals surface area contributed by atoms with Crippen LogP contribution < -0.4 is 5.73 Å². The number of hydrogen-bond donors (Lipinski definition) is 1. The molecule has 1 atom stereocenters. The first kappa shape index (κ1) is 9.59. The quantitative estimate of drug-likeness (QED) is 0.780. The van der Waals surface area contributed by atoms with Crippen molar-refractivity contribution in [3.63, 3.8) is 0 Å². The Hall–Kier alpha value is -0.960. The van der Waals surface area contributed by atoms with Crippen LogP contribution in [-0.2, 0) is 5.41 Å². The second-order valence-corrected chi connectivity index (χ2v) is 4.74. The van der Waals surface area contributed by atoms with Crippen LogP contribution >= 0.6 is 0 Å². The van der Waals surface area contributed by atoms with Crippen molar-refractivity contribution in [3.05, 3.63) is 29.8 Å². The summed E-state index contributed by atoms with van der Waals surface area (Å²) in [5.74, 6) is -0.280. The monoisotopic (exact) mass is 194 g/mol. The fourth-order valence-corrected chi connectivity index (χ4v) is 2.34. The number of hydrogen-bond acceptors (Lipinski definition) is 2. The molecule has 1 aliphatic carbocycles. The molecule has 0 amide bonds. The van der Waals surface area contributed by atoms with Gasteiger partial charge >= 0.3 is 0 Å². The standard InChI is InChI=1S/C11H15FN2/c1-10(2)6-11(10,7-13)8-3-9(12)5-14-4-8/h3-5H,6-7,13H2,1-2H3. The van der Waals surface area contributed by atoms with Crippen molar-refractivity contribution in [3.8, 4) is 0 Å². The summed E-state index contributed by atoms with van der Waals surface area (Å²) in [4.78, 5) is 3.87. The van der Waals surface area contributed by atoms with Gasteiger partial charge in [0.25, 0.3) is 0 Å². The maximum absolute atomic E-state index is 13.0. The van der Waals surface area contributed by atoms with Crippen molar-refractivity contribution in [2.75, 3.05) is 6.54 Å². The van der Waals surface area contributed by atoms with E-state index >= 15 is 0 Å². The molecular formula is C11H15FN2. The molecule has 1 heterocycles. The molecule has 2 N–H and O–H groups in total. The van der Waals surface area contributed by atoms with Gasteiger partial charge in [-0.05, 0) is 23.5 Å². The lowest BCUT2D eigenvalue weighted by Crippen LogP contribution is -2.25. The molecule has 3 heteroatoms. The first-order valence-corrected chi connectivity index (χ1v) is 4.83. The fourth-order valence-electron chi connectivity index (χ4n) is 2.34. The number of nitrogens with zero attached hydrogens (tertiary/aromatic N) is 1. The summed E-state index contributed by atoms with van der Waals surface area (Å²) in [6, 6.07) is 1.55. The zero-order chi connectivity index (χ0) is 10.4. The van der Waals surface area contributed by atoms with Crippen molar-refractivity contribution >= 4 is 0 Å². The van der Waals surface area contributed by atoms with E-state index in [0.29, 0.717) is 6.54 Å². The molecule has 0 spiro atoms. The zero-order valence-corrected chi connectivity index (χ0v) is 8.55. The molecule has 1 aromatic rings. The normalized spacial score (nSPS) is 28.9. The number of pyridine rings is 1. The van der Waals surface area contributed by atoms with Gasteiger partial charge in [0.15, 0.2) is 0 Å². The Morgan fingerprint density at radius 1 is 1.50 bits per heavy atom. The predicted molar refractivity (Wildman–Crippen MR) is 53.3 cm³/mol. The second kappa shape index (κ2) is 2.76. The van der Waals surface area contributed by atoms with Crippen molar-refractivity contribution in [2.45, 2.75) is 25.7 Å². The van der Waals surface area contributed by atoms with E-state index in [1.54, 1.807) is 12.3 Å². The first-order valence-electron chi connectivity index (χ1n) is 4.83. The van der Waals surface area contributed by atoms with Crippen LogP contribution in [0.5, 0.6) is 0 Å². The summed E-state index contributed by atoms with van der Waals surface area (Å²) in [6.45, 7) is 4.88. The van der Waals surface area contributed by atoms with Crippen LogP contribution in [0.1, 0.15) is 25.8 Å². The van der Waals surface area contributed by atoms with E-state index in [1.807, 2.05) is 0 Å². The minimum absolute atomic E-state index is 0.0535. The van der Waals surface area contributed by atoms with Gasteiger partial charge in [-0.1, -0.05) is 13.8 Å². The van der Waals surface area contributed by atoms with Gasteiger partial charge in [0.2, 0.25) is 0 Å². The molecule has 2 nitrogen and oxygen atoms in total. The van der Waals surface area contributed by atoms with Crippen molar-refractivity contribution in [1.82, 2.24) is 4.98 Å². The molecule has 0 radical (unpaired) electrons. The molecule has 1 aromatic heterocycles. The van der Waals surface area contributed by atoms with Crippen LogP contribution in [0, 0.1) is 11.2 Å². The van der Waals surface area contributed by atoms with Gasteiger partial charge in [0.05, 0.1) is 6.20 Å². The Morgan fingerprint density at radius 3 is 2.57 bits per heavy atom. The molecular weight excluding hydrogens is 179 g/mol. The van der Waals surface area contributed by atoms with E-state index in [2.05, 4.69) is 18.8 Å². The van der Waals surface area contributed by atoms with Crippen LogP contribution in [0.3, 0.4) is 0 Å². The predicted octanol–water partition coefficient (Wildman–Crippen LogP) is 1.85. The molecule has 0 aromatic carbocycles. The molecule has 0 aliphatic heterocycles. The molecule has 1 unspecified atom stereocenters. The third kappa shape index (κ3) is 1.16. The van der Waals surface area contributed by atoms with Crippen molar-refractivity contribution < 1.29 is 4.39 Å². The van der Waals surface area contributed by atoms with Crippen LogP contribution in [-0.4, -0.2) is 11.5 Å². The largest absolute Gasteiger partial charge is 0.330 e. The average molecular weight is 194 g/mol. The number of rotatable bonds is 2. The highest BCUT2D eigenvalue weighted by Gasteiger charge is 2.61. The SMILES string of the molecule is CC1(C)CC1(CN)c1cncc(F)c1. The van der Waals surface area contributed by atoms with E-state index < -0.39 is 0 Å². The number of nitrogens with two attached hydrogens (primary N) is 1. The van der Waals surface area contributed by atoms with Crippen LogP contribution in [0.15, 0.2) is 18.5 Å². The van der Waals surface area contributed by atoms with E-state index in [0.717, 1.165) is 12.0 Å². The van der Waals surface area contributed by atoms with E-state index in [4.69, 9.17) is 5.73 Å². The summed E-state index contributed by atoms with van der Waals surface area (Å²) in [7, 11) is 0. The zero-order valence-electron chi connectivity index (χ0n) is 8.55. The van der Waals surface area contributed by atoms with Gasteiger partial charge in [-0.15, -0.1) is 0 Å². The molecule has 14 heavy (non-hydrogen) atoms. The summed E-state index contributed by atoms with van der Waals surface area (Å²) in [6.07, 6.45) is 3.97. The first-order chi connectivity index (χ1) is 6.52. The smallest absolute Gasteiger partial charge is 0.141 e. The Balaban J connectivity index is 2.40. The topological polar surface area (TPSA) is 38.9 Å².